The van der Waals surface area contributed by atoms with Gasteiger partial charge in [0.15, 0.2) is 18.1 Å². The highest BCUT2D eigenvalue weighted by molar-refractivity contribution is 7.89. The van der Waals surface area contributed by atoms with Crippen LogP contribution in [0.3, 0.4) is 0 Å². The van der Waals surface area contributed by atoms with E-state index in [2.05, 4.69) is 0 Å². The second-order valence-electron chi connectivity index (χ2n) is 7.16. The molecule has 9 heteroatoms. The summed E-state index contributed by atoms with van der Waals surface area (Å²) >= 11 is 0. The van der Waals surface area contributed by atoms with Gasteiger partial charge >= 0.3 is 5.97 Å². The number of benzene rings is 2. The van der Waals surface area contributed by atoms with Gasteiger partial charge in [0.2, 0.25) is 10.0 Å². The number of carbonyl (C=O) groups excluding carboxylic acids is 1. The van der Waals surface area contributed by atoms with E-state index in [1.54, 1.807) is 6.07 Å². The molecule has 0 amide bonds. The Hall–Kier alpha value is -2.78. The molecule has 0 saturated carbocycles. The fourth-order valence-corrected chi connectivity index (χ4v) is 3.44. The van der Waals surface area contributed by atoms with E-state index in [1.807, 2.05) is 26.0 Å². The first-order chi connectivity index (χ1) is 13.6. The molecule has 8 nitrogen and oxygen atoms in total. The maximum Gasteiger partial charge on any atom is 0.344 e. The number of fused-ring (bicyclic) bond motifs is 1. The SMILES string of the molecule is CC1(C)Cc2cccc(OCC(=O)OCCOc3ccc(S(N)(=O)=O)cc3)c2O1. The molecule has 0 saturated heterocycles. The lowest BCUT2D eigenvalue weighted by Crippen LogP contribution is -2.25. The summed E-state index contributed by atoms with van der Waals surface area (Å²) < 4.78 is 44.3. The molecular formula is C20H23NO7S. The second kappa shape index (κ2) is 8.30. The fraction of sp³-hybridized carbons (Fsp3) is 0.350. The van der Waals surface area contributed by atoms with Crippen molar-refractivity contribution in [1.29, 1.82) is 0 Å². The van der Waals surface area contributed by atoms with Crippen LogP contribution in [0.5, 0.6) is 17.2 Å². The molecule has 2 aromatic carbocycles. The number of rotatable bonds is 8. The minimum Gasteiger partial charge on any atom is -0.490 e. The Kier molecular flexibility index (Phi) is 5.99. The quantitative estimate of drug-likeness (QED) is 0.512. The summed E-state index contributed by atoms with van der Waals surface area (Å²) in [7, 11) is -3.74. The third kappa shape index (κ3) is 5.61. The van der Waals surface area contributed by atoms with Crippen molar-refractivity contribution < 1.29 is 32.2 Å². The van der Waals surface area contributed by atoms with Gasteiger partial charge in [-0.1, -0.05) is 12.1 Å². The van der Waals surface area contributed by atoms with Gasteiger partial charge < -0.3 is 18.9 Å². The van der Waals surface area contributed by atoms with Crippen LogP contribution in [-0.4, -0.2) is 39.8 Å². The molecule has 0 aliphatic carbocycles. The van der Waals surface area contributed by atoms with Crippen LogP contribution in [0.4, 0.5) is 0 Å². The number of ether oxygens (including phenoxy) is 4. The van der Waals surface area contributed by atoms with E-state index in [4.69, 9.17) is 24.1 Å². The van der Waals surface area contributed by atoms with Crippen molar-refractivity contribution in [3.8, 4) is 17.2 Å². The number of esters is 1. The minimum atomic E-state index is -3.74. The summed E-state index contributed by atoms with van der Waals surface area (Å²) in [4.78, 5) is 11.9. The van der Waals surface area contributed by atoms with Crippen LogP contribution in [0, 0.1) is 0 Å². The van der Waals surface area contributed by atoms with E-state index >= 15 is 0 Å². The molecule has 0 spiro atoms. The summed E-state index contributed by atoms with van der Waals surface area (Å²) in [6, 6.07) is 11.2. The van der Waals surface area contributed by atoms with Crippen molar-refractivity contribution in [2.45, 2.75) is 30.8 Å². The predicted octanol–water partition coefficient (Wildman–Crippen LogP) is 2.05. The largest absolute Gasteiger partial charge is 0.490 e. The number of sulfonamides is 1. The summed E-state index contributed by atoms with van der Waals surface area (Å²) in [5.74, 6) is 1.07. The van der Waals surface area contributed by atoms with Crippen LogP contribution in [0.15, 0.2) is 47.4 Å². The molecular weight excluding hydrogens is 398 g/mol. The van der Waals surface area contributed by atoms with Crippen molar-refractivity contribution in [3.63, 3.8) is 0 Å². The van der Waals surface area contributed by atoms with Gasteiger partial charge in [0.25, 0.3) is 0 Å². The minimum absolute atomic E-state index is 0.00630. The molecule has 0 aromatic heterocycles. The van der Waals surface area contributed by atoms with Gasteiger partial charge in [-0.05, 0) is 44.2 Å². The van der Waals surface area contributed by atoms with E-state index in [0.29, 0.717) is 17.2 Å². The topological polar surface area (TPSA) is 114 Å². The number of primary sulfonamides is 1. The van der Waals surface area contributed by atoms with Gasteiger partial charge in [-0.2, -0.15) is 0 Å². The Bertz CT molecular complexity index is 984. The molecule has 1 heterocycles. The van der Waals surface area contributed by atoms with Crippen LogP contribution < -0.4 is 19.3 Å². The number of hydrogen-bond acceptors (Lipinski definition) is 7. The first-order valence-corrected chi connectivity index (χ1v) is 10.5. The fourth-order valence-electron chi connectivity index (χ4n) is 2.92. The van der Waals surface area contributed by atoms with Crippen LogP contribution in [0.1, 0.15) is 19.4 Å². The highest BCUT2D eigenvalue weighted by Crippen LogP contribution is 2.41. The highest BCUT2D eigenvalue weighted by Gasteiger charge is 2.32. The third-order valence-corrected chi connectivity index (χ3v) is 5.10. The van der Waals surface area contributed by atoms with Gasteiger partial charge in [-0.3, -0.25) is 0 Å². The first kappa shape index (κ1) is 20.9. The summed E-state index contributed by atoms with van der Waals surface area (Å²) in [5, 5.41) is 5.03. The molecule has 156 valence electrons. The molecule has 0 fully saturated rings. The molecule has 2 aromatic rings. The Morgan fingerprint density at radius 1 is 1.10 bits per heavy atom. The van der Waals surface area contributed by atoms with Crippen molar-refractivity contribution in [1.82, 2.24) is 0 Å². The van der Waals surface area contributed by atoms with Crippen molar-refractivity contribution in [2.24, 2.45) is 5.14 Å². The third-order valence-electron chi connectivity index (χ3n) is 4.17. The number of nitrogens with two attached hydrogens (primary N) is 1. The van der Waals surface area contributed by atoms with Crippen molar-refractivity contribution in [2.75, 3.05) is 19.8 Å². The zero-order valence-corrected chi connectivity index (χ0v) is 17.0. The van der Waals surface area contributed by atoms with E-state index < -0.39 is 16.0 Å². The lowest BCUT2D eigenvalue weighted by Gasteiger charge is -2.18. The maximum atomic E-state index is 11.9. The average Bonchev–Trinajstić information content (AvgIpc) is 2.97. The Morgan fingerprint density at radius 3 is 2.52 bits per heavy atom. The number of carbonyl (C=O) groups is 1. The molecule has 1 aliphatic heterocycles. The highest BCUT2D eigenvalue weighted by atomic mass is 32.2. The van der Waals surface area contributed by atoms with E-state index in [9.17, 15) is 13.2 Å². The predicted molar refractivity (Wildman–Crippen MR) is 105 cm³/mol. The zero-order valence-electron chi connectivity index (χ0n) is 16.2. The van der Waals surface area contributed by atoms with Gasteiger partial charge in [0, 0.05) is 12.0 Å². The van der Waals surface area contributed by atoms with E-state index in [-0.39, 0.29) is 30.3 Å². The molecule has 29 heavy (non-hydrogen) atoms. The Morgan fingerprint density at radius 2 is 1.83 bits per heavy atom. The monoisotopic (exact) mass is 421 g/mol. The summed E-state index contributed by atoms with van der Waals surface area (Å²) in [6.07, 6.45) is 0.777. The molecule has 2 N–H and O–H groups in total. The van der Waals surface area contributed by atoms with Crippen LogP contribution >= 0.6 is 0 Å². The molecule has 1 aliphatic rings. The lowest BCUT2D eigenvalue weighted by molar-refractivity contribution is -0.146. The molecule has 0 atom stereocenters. The summed E-state index contributed by atoms with van der Waals surface area (Å²) in [5.41, 5.74) is 0.745. The van der Waals surface area contributed by atoms with E-state index in [1.165, 1.54) is 24.3 Å². The average molecular weight is 421 g/mol. The smallest absolute Gasteiger partial charge is 0.344 e. The number of hydrogen-bond donors (Lipinski definition) is 1. The van der Waals surface area contributed by atoms with E-state index in [0.717, 1.165) is 12.0 Å². The standard InChI is InChI=1S/C20H23NO7S/c1-20(2)12-14-4-3-5-17(19(14)28-20)27-13-18(22)26-11-10-25-15-6-8-16(9-7-15)29(21,23)24/h3-9H,10-13H2,1-2H3,(H2,21,23,24). The zero-order chi connectivity index (χ0) is 21.1. The lowest BCUT2D eigenvalue weighted by atomic mass is 10.0. The molecule has 3 rings (SSSR count). The van der Waals surface area contributed by atoms with Gasteiger partial charge in [0.1, 0.15) is 24.6 Å². The maximum absolute atomic E-state index is 11.9. The van der Waals surface area contributed by atoms with Crippen LogP contribution in [0.25, 0.3) is 0 Å². The first-order valence-electron chi connectivity index (χ1n) is 8.99. The van der Waals surface area contributed by atoms with Crippen molar-refractivity contribution >= 4 is 16.0 Å². The summed E-state index contributed by atoms with van der Waals surface area (Å²) in [6.45, 7) is 3.87. The van der Waals surface area contributed by atoms with Crippen molar-refractivity contribution in [3.05, 3.63) is 48.0 Å². The molecule has 0 unspecified atom stereocenters. The van der Waals surface area contributed by atoms with Crippen LogP contribution in [0.2, 0.25) is 0 Å². The van der Waals surface area contributed by atoms with Gasteiger partial charge in [-0.15, -0.1) is 0 Å². The normalized spacial score (nSPS) is 14.6. The Balaban J connectivity index is 1.41. The molecule has 0 bridgehead atoms. The Labute approximate surface area is 169 Å². The molecule has 0 radical (unpaired) electrons. The van der Waals surface area contributed by atoms with Crippen LogP contribution in [-0.2, 0) is 26.0 Å². The second-order valence-corrected chi connectivity index (χ2v) is 8.72. The van der Waals surface area contributed by atoms with Gasteiger partial charge in [-0.25, -0.2) is 18.4 Å². The van der Waals surface area contributed by atoms with Gasteiger partial charge in [0.05, 0.1) is 4.90 Å². The number of para-hydroxylation sites is 1.